The van der Waals surface area contributed by atoms with Crippen molar-refractivity contribution in [3.63, 3.8) is 0 Å². The van der Waals surface area contributed by atoms with Crippen molar-refractivity contribution in [3.8, 4) is 0 Å². The molecule has 2 amide bonds. The van der Waals surface area contributed by atoms with Crippen molar-refractivity contribution < 1.29 is 9.59 Å². The first-order valence-electron chi connectivity index (χ1n) is 13.7. The van der Waals surface area contributed by atoms with Crippen LogP contribution in [0.15, 0.2) is 71.9 Å². The number of hydrogen-bond acceptors (Lipinski definition) is 5. The van der Waals surface area contributed by atoms with E-state index in [4.69, 9.17) is 15.7 Å². The topological polar surface area (TPSA) is 93.6 Å². The number of amides is 2. The van der Waals surface area contributed by atoms with E-state index in [1.54, 1.807) is 16.7 Å². The molecule has 0 aliphatic carbocycles. The van der Waals surface area contributed by atoms with Gasteiger partial charge in [-0.05, 0) is 59.7 Å². The predicted molar refractivity (Wildman–Crippen MR) is 161 cm³/mol. The van der Waals surface area contributed by atoms with E-state index in [-0.39, 0.29) is 23.1 Å². The number of carbonyl (C=O) groups is 2. The molecule has 8 heteroatoms. The number of likely N-dealkylation sites (tertiary alicyclic amines) is 1. The largest absolute Gasteiger partial charge is 0.369 e. The molecule has 0 spiro atoms. The molecule has 40 heavy (non-hydrogen) atoms. The summed E-state index contributed by atoms with van der Waals surface area (Å²) < 4.78 is 2.13. The second-order valence-electron chi connectivity index (χ2n) is 11.6. The summed E-state index contributed by atoms with van der Waals surface area (Å²) in [6, 6.07) is 22.6. The highest BCUT2D eigenvalue weighted by atomic mass is 32.2. The number of aromatic nitrogens is 3. The smallest absolute Gasteiger partial charge is 0.253 e. The zero-order valence-corrected chi connectivity index (χ0v) is 23.9. The van der Waals surface area contributed by atoms with Gasteiger partial charge in [0.2, 0.25) is 5.91 Å². The summed E-state index contributed by atoms with van der Waals surface area (Å²) in [5, 5.41) is 1.74. The summed E-state index contributed by atoms with van der Waals surface area (Å²) in [6.45, 7) is 7.71. The van der Waals surface area contributed by atoms with E-state index in [9.17, 15) is 9.59 Å². The molecule has 0 radical (unpaired) electrons. The molecule has 2 N–H and O–H groups in total. The van der Waals surface area contributed by atoms with Gasteiger partial charge in [-0.3, -0.25) is 14.0 Å². The van der Waals surface area contributed by atoms with Crippen LogP contribution in [0.2, 0.25) is 0 Å². The number of fused-ring (bicyclic) bond motifs is 5. The van der Waals surface area contributed by atoms with Crippen molar-refractivity contribution in [2.45, 2.75) is 49.9 Å². The number of primary amides is 1. The summed E-state index contributed by atoms with van der Waals surface area (Å²) in [7, 11) is 0. The van der Waals surface area contributed by atoms with Crippen molar-refractivity contribution in [1.82, 2.24) is 19.3 Å². The van der Waals surface area contributed by atoms with Crippen molar-refractivity contribution >= 4 is 51.2 Å². The number of imidazole rings is 1. The van der Waals surface area contributed by atoms with E-state index in [1.165, 1.54) is 11.1 Å². The Balaban J connectivity index is 1.36. The Kier molecular flexibility index (Phi) is 6.74. The number of thioether (sulfide) groups is 1. The molecule has 7 nitrogen and oxygen atoms in total. The molecule has 0 saturated carbocycles. The van der Waals surface area contributed by atoms with Crippen molar-refractivity contribution in [2.75, 3.05) is 13.1 Å². The summed E-state index contributed by atoms with van der Waals surface area (Å²) in [5.41, 5.74) is 12.2. The molecule has 2 aromatic heterocycles. The van der Waals surface area contributed by atoms with Crippen LogP contribution < -0.4 is 5.73 Å². The molecule has 3 aromatic carbocycles. The third kappa shape index (κ3) is 4.92. The summed E-state index contributed by atoms with van der Waals surface area (Å²) in [4.78, 5) is 36.8. The number of piperidine rings is 1. The second-order valence-corrected chi connectivity index (χ2v) is 12.5. The van der Waals surface area contributed by atoms with Crippen LogP contribution in [0, 0.1) is 5.92 Å². The zero-order chi connectivity index (χ0) is 28.0. The lowest BCUT2D eigenvalue weighted by atomic mass is 9.87. The Bertz CT molecular complexity index is 1750. The summed E-state index contributed by atoms with van der Waals surface area (Å²) in [6.07, 6.45) is 1.21. The highest BCUT2D eigenvalue weighted by Crippen LogP contribution is 2.32. The Hall–Kier alpha value is -3.91. The minimum absolute atomic E-state index is 0.0480. The summed E-state index contributed by atoms with van der Waals surface area (Å²) in [5.74, 6) is 0.272. The standard InChI is InChI=1S/C32H33N5O2S/c1-32(2,3)23-11-8-20(9-12-23)19-40-31-35-26-18-22(30(39)36-16-14-21(15-17-36)28(33)38)10-13-24(26)29-34-25-6-4-5-7-27(25)37(29)31/h4-13,18,21H,14-17,19H2,1-3H3,(H2,33,38). The average Bonchev–Trinajstić information content (AvgIpc) is 3.35. The fraction of sp³-hybridized carbons (Fsp3) is 0.312. The third-order valence-electron chi connectivity index (χ3n) is 7.83. The van der Waals surface area contributed by atoms with Gasteiger partial charge in [-0.2, -0.15) is 0 Å². The molecular weight excluding hydrogens is 518 g/mol. The van der Waals surface area contributed by atoms with Crippen LogP contribution in [-0.2, 0) is 16.0 Å². The van der Waals surface area contributed by atoms with Gasteiger partial charge in [0.15, 0.2) is 5.16 Å². The molecule has 5 aromatic rings. The monoisotopic (exact) mass is 551 g/mol. The van der Waals surface area contributed by atoms with Gasteiger partial charge in [0, 0.05) is 35.7 Å². The van der Waals surface area contributed by atoms with Crippen molar-refractivity contribution in [1.29, 1.82) is 0 Å². The van der Waals surface area contributed by atoms with Gasteiger partial charge in [0.05, 0.1) is 16.6 Å². The number of para-hydroxylation sites is 2. The molecule has 204 valence electrons. The van der Waals surface area contributed by atoms with Crippen LogP contribution in [0.3, 0.4) is 0 Å². The van der Waals surface area contributed by atoms with E-state index in [1.807, 2.05) is 36.4 Å². The minimum atomic E-state index is -0.284. The van der Waals surface area contributed by atoms with Crippen molar-refractivity contribution in [3.05, 3.63) is 83.4 Å². The van der Waals surface area contributed by atoms with Gasteiger partial charge in [0.25, 0.3) is 5.91 Å². The van der Waals surface area contributed by atoms with Crippen LogP contribution in [0.1, 0.15) is 55.1 Å². The molecule has 0 atom stereocenters. The molecule has 0 bridgehead atoms. The van der Waals surface area contributed by atoms with E-state index < -0.39 is 0 Å². The SMILES string of the molecule is CC(C)(C)c1ccc(CSc2nc3cc(C(=O)N4CCC(C(N)=O)CC4)ccc3c3nc4ccccc4n23)cc1. The first-order chi connectivity index (χ1) is 19.2. The van der Waals surface area contributed by atoms with Gasteiger partial charge < -0.3 is 10.6 Å². The maximum atomic E-state index is 13.4. The lowest BCUT2D eigenvalue weighted by Crippen LogP contribution is -2.41. The molecule has 3 heterocycles. The number of benzene rings is 3. The number of carbonyl (C=O) groups excluding carboxylic acids is 2. The molecule has 1 aliphatic heterocycles. The van der Waals surface area contributed by atoms with Gasteiger partial charge >= 0.3 is 0 Å². The molecule has 1 fully saturated rings. The maximum Gasteiger partial charge on any atom is 0.253 e. The summed E-state index contributed by atoms with van der Waals surface area (Å²) >= 11 is 1.67. The Morgan fingerprint density at radius 1 is 0.950 bits per heavy atom. The Labute approximate surface area is 237 Å². The lowest BCUT2D eigenvalue weighted by molar-refractivity contribution is -0.123. The fourth-order valence-electron chi connectivity index (χ4n) is 5.39. The zero-order valence-electron chi connectivity index (χ0n) is 23.1. The molecule has 1 aliphatic rings. The molecule has 6 rings (SSSR count). The van der Waals surface area contributed by atoms with Gasteiger partial charge in [-0.15, -0.1) is 0 Å². The van der Waals surface area contributed by atoms with Gasteiger partial charge in [-0.1, -0.05) is 68.9 Å². The normalized spacial score (nSPS) is 14.8. The molecular formula is C32H33N5O2S. The van der Waals surface area contributed by atoms with E-state index in [0.29, 0.717) is 31.5 Å². The predicted octanol–water partition coefficient (Wildman–Crippen LogP) is 5.96. The highest BCUT2D eigenvalue weighted by Gasteiger charge is 2.27. The quantitative estimate of drug-likeness (QED) is 0.215. The van der Waals surface area contributed by atoms with Crippen LogP contribution in [-0.4, -0.2) is 44.2 Å². The first-order valence-corrected chi connectivity index (χ1v) is 14.7. The van der Waals surface area contributed by atoms with Crippen LogP contribution >= 0.6 is 11.8 Å². The van der Waals surface area contributed by atoms with Crippen LogP contribution in [0.5, 0.6) is 0 Å². The third-order valence-corrected chi connectivity index (χ3v) is 8.84. The van der Waals surface area contributed by atoms with Crippen molar-refractivity contribution in [2.24, 2.45) is 11.7 Å². The number of hydrogen-bond donors (Lipinski definition) is 1. The van der Waals surface area contributed by atoms with E-state index >= 15 is 0 Å². The number of nitrogens with two attached hydrogens (primary N) is 1. The second kappa shape index (κ2) is 10.2. The number of nitrogens with zero attached hydrogens (tertiary/aromatic N) is 4. The van der Waals surface area contributed by atoms with Crippen LogP contribution in [0.4, 0.5) is 0 Å². The van der Waals surface area contributed by atoms with Gasteiger partial charge in [0.1, 0.15) is 5.65 Å². The molecule has 0 unspecified atom stereocenters. The minimum Gasteiger partial charge on any atom is -0.369 e. The Morgan fingerprint density at radius 3 is 2.38 bits per heavy atom. The highest BCUT2D eigenvalue weighted by molar-refractivity contribution is 7.98. The van der Waals surface area contributed by atoms with Gasteiger partial charge in [-0.25, -0.2) is 9.97 Å². The maximum absolute atomic E-state index is 13.4. The Morgan fingerprint density at radius 2 is 1.68 bits per heavy atom. The van der Waals surface area contributed by atoms with E-state index in [0.717, 1.165) is 38.5 Å². The average molecular weight is 552 g/mol. The fourth-order valence-corrected chi connectivity index (χ4v) is 6.36. The number of rotatable bonds is 5. The van der Waals surface area contributed by atoms with E-state index in [2.05, 4.69) is 55.5 Å². The first kappa shape index (κ1) is 26.3. The molecule has 1 saturated heterocycles. The lowest BCUT2D eigenvalue weighted by Gasteiger charge is -2.30. The van der Waals surface area contributed by atoms with Crippen LogP contribution in [0.25, 0.3) is 27.6 Å².